The minimum absolute atomic E-state index is 0.0421. The second-order valence-corrected chi connectivity index (χ2v) is 9.15. The second-order valence-electron chi connectivity index (χ2n) is 6.70. The molecule has 0 aliphatic rings. The Morgan fingerprint density at radius 2 is 2.14 bits per heavy atom. The fourth-order valence-electron chi connectivity index (χ4n) is 1.87. The predicted molar refractivity (Wildman–Crippen MR) is 92.9 cm³/mol. The normalized spacial score (nSPS) is 14.3. The van der Waals surface area contributed by atoms with Crippen LogP contribution in [0.5, 0.6) is 5.75 Å². The van der Waals surface area contributed by atoms with Crippen molar-refractivity contribution in [1.29, 1.82) is 0 Å². The number of imidazole rings is 1. The largest absolute Gasteiger partial charge is 0.491 e. The number of fused-ring (bicyclic) bond motifs is 1. The van der Waals surface area contributed by atoms with E-state index in [1.807, 2.05) is 18.2 Å². The summed E-state index contributed by atoms with van der Waals surface area (Å²) in [6.07, 6.45) is 1.64. The summed E-state index contributed by atoms with van der Waals surface area (Å²) < 4.78 is 11.9. The molecule has 1 atom stereocenters. The summed E-state index contributed by atoms with van der Waals surface area (Å²) in [7, 11) is -0.669. The summed E-state index contributed by atoms with van der Waals surface area (Å²) in [5, 5.41) is 0.265. The number of hydrogen-bond donors (Lipinski definition) is 2. The van der Waals surface area contributed by atoms with Gasteiger partial charge >= 0.3 is 0 Å². The number of nitrogens with one attached hydrogen (secondary N) is 1. The molecule has 0 saturated heterocycles. The van der Waals surface area contributed by atoms with Gasteiger partial charge in [0.15, 0.2) is 9.76 Å². The van der Waals surface area contributed by atoms with Crippen molar-refractivity contribution in [2.75, 3.05) is 13.2 Å². The number of aromatic nitrogens is 2. The van der Waals surface area contributed by atoms with Crippen LogP contribution in [-0.4, -0.2) is 39.0 Å². The number of nitrogens with two attached hydrogens (primary N) is 1. The van der Waals surface area contributed by atoms with E-state index in [2.05, 4.69) is 37.7 Å². The standard InChI is InChI=1S/C16H27N3O2Si/c1-11(2)16(3,4)22-21-13(8-17)9-20-12-5-6-14-15(7-12)19-10-18-14/h5-7,10-11,13H,8-9,17,22H2,1-4H3,(H,18,19)/t13-/m0/s1. The maximum Gasteiger partial charge on any atom is 0.168 e. The Morgan fingerprint density at radius 3 is 2.82 bits per heavy atom. The molecule has 0 unspecified atom stereocenters. The third kappa shape index (κ3) is 4.31. The van der Waals surface area contributed by atoms with E-state index in [0.717, 1.165) is 16.8 Å². The Kier molecular flexibility index (Phi) is 5.61. The molecule has 0 radical (unpaired) electrons. The fraction of sp³-hybridized carbons (Fsp3) is 0.562. The molecule has 0 aliphatic heterocycles. The van der Waals surface area contributed by atoms with Crippen molar-refractivity contribution in [3.05, 3.63) is 24.5 Å². The van der Waals surface area contributed by atoms with Gasteiger partial charge in [-0.1, -0.05) is 27.7 Å². The zero-order valence-corrected chi connectivity index (χ0v) is 15.3. The molecule has 0 fully saturated rings. The van der Waals surface area contributed by atoms with Gasteiger partial charge in [0, 0.05) is 12.6 Å². The zero-order valence-electron chi connectivity index (χ0n) is 13.9. The molecule has 5 nitrogen and oxygen atoms in total. The zero-order chi connectivity index (χ0) is 16.2. The van der Waals surface area contributed by atoms with Crippen LogP contribution >= 0.6 is 0 Å². The highest BCUT2D eigenvalue weighted by Crippen LogP contribution is 2.33. The van der Waals surface area contributed by atoms with Gasteiger partial charge in [-0.15, -0.1) is 0 Å². The lowest BCUT2D eigenvalue weighted by molar-refractivity contribution is 0.132. The fourth-order valence-corrected chi connectivity index (χ4v) is 3.11. The van der Waals surface area contributed by atoms with E-state index < -0.39 is 9.76 Å². The van der Waals surface area contributed by atoms with Gasteiger partial charge in [-0.3, -0.25) is 0 Å². The van der Waals surface area contributed by atoms with E-state index in [0.29, 0.717) is 19.1 Å². The number of H-pyrrole nitrogens is 1. The first-order chi connectivity index (χ1) is 10.4. The van der Waals surface area contributed by atoms with Gasteiger partial charge in [0.25, 0.3) is 0 Å². The monoisotopic (exact) mass is 321 g/mol. The first-order valence-electron chi connectivity index (χ1n) is 7.80. The molecule has 0 amide bonds. The summed E-state index contributed by atoms with van der Waals surface area (Å²) in [5.74, 6) is 1.41. The quantitative estimate of drug-likeness (QED) is 0.731. The van der Waals surface area contributed by atoms with Crippen LogP contribution in [0.25, 0.3) is 11.0 Å². The molecule has 0 spiro atoms. The second kappa shape index (κ2) is 7.26. The maximum atomic E-state index is 6.08. The van der Waals surface area contributed by atoms with Crippen LogP contribution in [-0.2, 0) is 4.43 Å². The van der Waals surface area contributed by atoms with Crippen LogP contribution in [0.4, 0.5) is 0 Å². The smallest absolute Gasteiger partial charge is 0.168 e. The Bertz CT molecular complexity index is 598. The Hall–Kier alpha value is -1.37. The van der Waals surface area contributed by atoms with E-state index in [1.54, 1.807) is 6.33 Å². The topological polar surface area (TPSA) is 73.2 Å². The first kappa shape index (κ1) is 17.0. The Labute approximate surface area is 134 Å². The summed E-state index contributed by atoms with van der Waals surface area (Å²) in [6.45, 7) is 9.97. The predicted octanol–water partition coefficient (Wildman–Crippen LogP) is 2.22. The minimum atomic E-state index is -0.669. The third-order valence-electron chi connectivity index (χ3n) is 4.35. The molecule has 2 rings (SSSR count). The summed E-state index contributed by atoms with van der Waals surface area (Å²) in [6, 6.07) is 5.82. The molecule has 0 saturated carbocycles. The lowest BCUT2D eigenvalue weighted by atomic mass is 9.99. The number of hydrogen-bond acceptors (Lipinski definition) is 4. The molecule has 0 aliphatic carbocycles. The summed E-state index contributed by atoms with van der Waals surface area (Å²) in [4.78, 5) is 7.29. The van der Waals surface area contributed by atoms with E-state index in [-0.39, 0.29) is 11.1 Å². The van der Waals surface area contributed by atoms with Crippen LogP contribution < -0.4 is 10.5 Å². The van der Waals surface area contributed by atoms with Crippen molar-refractivity contribution in [1.82, 2.24) is 9.97 Å². The van der Waals surface area contributed by atoms with E-state index >= 15 is 0 Å². The van der Waals surface area contributed by atoms with Crippen LogP contribution in [0.3, 0.4) is 0 Å². The molecule has 1 heterocycles. The van der Waals surface area contributed by atoms with Crippen LogP contribution in [0.15, 0.2) is 24.5 Å². The van der Waals surface area contributed by atoms with Crippen LogP contribution in [0.2, 0.25) is 5.04 Å². The van der Waals surface area contributed by atoms with Crippen molar-refractivity contribution in [3.8, 4) is 5.75 Å². The van der Waals surface area contributed by atoms with E-state index in [4.69, 9.17) is 14.9 Å². The summed E-state index contributed by atoms with van der Waals surface area (Å²) in [5.41, 5.74) is 7.72. The maximum absolute atomic E-state index is 6.08. The number of benzene rings is 1. The van der Waals surface area contributed by atoms with Crippen molar-refractivity contribution >= 4 is 20.8 Å². The van der Waals surface area contributed by atoms with Gasteiger partial charge in [-0.25, -0.2) is 4.98 Å². The molecule has 122 valence electrons. The van der Waals surface area contributed by atoms with Crippen molar-refractivity contribution < 1.29 is 9.16 Å². The molecular formula is C16H27N3O2Si. The molecule has 22 heavy (non-hydrogen) atoms. The van der Waals surface area contributed by atoms with Crippen molar-refractivity contribution in [3.63, 3.8) is 0 Å². The lowest BCUT2D eigenvalue weighted by Gasteiger charge is -2.30. The van der Waals surface area contributed by atoms with Crippen LogP contribution in [0.1, 0.15) is 27.7 Å². The van der Waals surface area contributed by atoms with Gasteiger partial charge in [-0.05, 0) is 23.1 Å². The number of ether oxygens (including phenoxy) is 1. The minimum Gasteiger partial charge on any atom is -0.491 e. The molecule has 1 aromatic heterocycles. The highest BCUT2D eigenvalue weighted by molar-refractivity contribution is 6.32. The highest BCUT2D eigenvalue weighted by atomic mass is 28.2. The van der Waals surface area contributed by atoms with Crippen LogP contribution in [0, 0.1) is 5.92 Å². The average molecular weight is 321 g/mol. The van der Waals surface area contributed by atoms with Gasteiger partial charge in [0.05, 0.1) is 23.5 Å². The van der Waals surface area contributed by atoms with Gasteiger partial charge < -0.3 is 19.9 Å². The lowest BCUT2D eigenvalue weighted by Crippen LogP contribution is -2.35. The summed E-state index contributed by atoms with van der Waals surface area (Å²) >= 11 is 0. The van der Waals surface area contributed by atoms with Crippen molar-refractivity contribution in [2.45, 2.75) is 38.8 Å². The van der Waals surface area contributed by atoms with Gasteiger partial charge in [-0.2, -0.15) is 0 Å². The molecule has 0 bridgehead atoms. The molecule has 6 heteroatoms. The van der Waals surface area contributed by atoms with Gasteiger partial charge in [0.2, 0.25) is 0 Å². The van der Waals surface area contributed by atoms with Gasteiger partial charge in [0.1, 0.15) is 12.4 Å². The SMILES string of the molecule is CC(C)C(C)(C)[SiH2]O[C@@H](CN)COc1ccc2[nH]cnc2c1. The van der Waals surface area contributed by atoms with E-state index in [9.17, 15) is 0 Å². The Balaban J connectivity index is 1.87. The first-order valence-corrected chi connectivity index (χ1v) is 9.08. The number of aromatic amines is 1. The molecule has 2 aromatic rings. The van der Waals surface area contributed by atoms with Crippen molar-refractivity contribution in [2.24, 2.45) is 11.7 Å². The molecular weight excluding hydrogens is 294 g/mol. The number of rotatable bonds is 8. The average Bonchev–Trinajstić information content (AvgIpc) is 2.94. The van der Waals surface area contributed by atoms with E-state index in [1.165, 1.54) is 0 Å². The Morgan fingerprint density at radius 1 is 1.36 bits per heavy atom. The number of nitrogens with zero attached hydrogens (tertiary/aromatic N) is 1. The molecule has 3 N–H and O–H groups in total. The highest BCUT2D eigenvalue weighted by Gasteiger charge is 2.25. The molecule has 1 aromatic carbocycles. The third-order valence-corrected chi connectivity index (χ3v) is 6.54.